The number of amides is 3. The second-order valence-electron chi connectivity index (χ2n) is 6.98. The number of para-hydroxylation sites is 3. The fraction of sp³-hybridized carbons (Fsp3) is 0.286. The molecule has 2 atom stereocenters. The number of quaternary nitrogens is 1. The molecule has 0 spiro atoms. The quantitative estimate of drug-likeness (QED) is 0.623. The van der Waals surface area contributed by atoms with Gasteiger partial charge in [-0.2, -0.15) is 0 Å². The lowest BCUT2D eigenvalue weighted by Crippen LogP contribution is -3.15. The van der Waals surface area contributed by atoms with Gasteiger partial charge in [-0.25, -0.2) is 0 Å². The first-order valence-corrected chi connectivity index (χ1v) is 10.6. The summed E-state index contributed by atoms with van der Waals surface area (Å²) in [4.78, 5) is 40.8. The number of hydrogen-bond donors (Lipinski definition) is 3. The van der Waals surface area contributed by atoms with Crippen LogP contribution in [0, 0.1) is 0 Å². The first-order valence-electron chi connectivity index (χ1n) is 9.36. The number of thioether (sulfide) groups is 1. The highest BCUT2D eigenvalue weighted by atomic mass is 32.2. The molecule has 0 saturated carbocycles. The molecule has 0 saturated heterocycles. The molecule has 1 aliphatic rings. The molecule has 8 heteroatoms. The van der Waals surface area contributed by atoms with Gasteiger partial charge in [-0.3, -0.25) is 19.3 Å². The van der Waals surface area contributed by atoms with Crippen LogP contribution in [0.4, 0.5) is 17.1 Å². The van der Waals surface area contributed by atoms with E-state index in [0.717, 1.165) is 15.5 Å². The van der Waals surface area contributed by atoms with Gasteiger partial charge in [0.25, 0.3) is 11.8 Å². The second-order valence-corrected chi connectivity index (χ2v) is 7.83. The number of hydrogen-bond acceptors (Lipinski definition) is 4. The number of fused-ring (bicyclic) bond motifs is 1. The van der Waals surface area contributed by atoms with E-state index in [1.807, 2.05) is 42.7 Å². The molecule has 1 unspecified atom stereocenters. The van der Waals surface area contributed by atoms with Crippen LogP contribution in [0.3, 0.4) is 0 Å². The topological polar surface area (TPSA) is 83.0 Å². The van der Waals surface area contributed by atoms with Crippen LogP contribution in [0.25, 0.3) is 0 Å². The van der Waals surface area contributed by atoms with E-state index in [1.165, 1.54) is 4.90 Å². The molecule has 3 amide bonds. The van der Waals surface area contributed by atoms with Crippen LogP contribution < -0.4 is 20.4 Å². The average Bonchev–Trinajstić information content (AvgIpc) is 2.72. The molecule has 1 heterocycles. The van der Waals surface area contributed by atoms with Crippen LogP contribution in [0.1, 0.15) is 6.92 Å². The van der Waals surface area contributed by atoms with Gasteiger partial charge in [-0.1, -0.05) is 24.3 Å². The Morgan fingerprint density at radius 1 is 1.21 bits per heavy atom. The summed E-state index contributed by atoms with van der Waals surface area (Å²) >= 11 is 1.56. The van der Waals surface area contributed by atoms with Crippen LogP contribution in [0.5, 0.6) is 0 Å². The summed E-state index contributed by atoms with van der Waals surface area (Å²) in [7, 11) is 1.80. The van der Waals surface area contributed by atoms with Crippen molar-refractivity contribution in [3.63, 3.8) is 0 Å². The SMILES string of the molecule is CSc1ccccc1NC(=O)C[NH+](C)[C@@H](C)C(=O)N1CC(=O)Nc2ccccc21. The summed E-state index contributed by atoms with van der Waals surface area (Å²) in [6.45, 7) is 1.88. The molecule has 0 bridgehead atoms. The zero-order chi connectivity index (χ0) is 21.0. The minimum Gasteiger partial charge on any atom is -0.323 e. The number of benzene rings is 2. The van der Waals surface area contributed by atoms with E-state index < -0.39 is 6.04 Å². The summed E-state index contributed by atoms with van der Waals surface area (Å²) in [5.74, 6) is -0.587. The monoisotopic (exact) mass is 413 g/mol. The molecule has 0 aromatic heterocycles. The van der Waals surface area contributed by atoms with E-state index in [2.05, 4.69) is 10.6 Å². The lowest BCUT2D eigenvalue weighted by Gasteiger charge is -2.32. The van der Waals surface area contributed by atoms with Gasteiger partial charge in [0.15, 0.2) is 12.6 Å². The number of nitrogens with one attached hydrogen (secondary N) is 3. The van der Waals surface area contributed by atoms with Gasteiger partial charge in [-0.05, 0) is 37.4 Å². The summed E-state index contributed by atoms with van der Waals surface area (Å²) in [5, 5.41) is 5.70. The Bertz CT molecular complexity index is 934. The largest absolute Gasteiger partial charge is 0.323 e. The first kappa shape index (κ1) is 20.9. The highest BCUT2D eigenvalue weighted by Crippen LogP contribution is 2.29. The summed E-state index contributed by atoms with van der Waals surface area (Å²) < 4.78 is 0. The fourth-order valence-corrected chi connectivity index (χ4v) is 3.78. The Morgan fingerprint density at radius 2 is 1.90 bits per heavy atom. The molecular weight excluding hydrogens is 388 g/mol. The van der Waals surface area contributed by atoms with Crippen molar-refractivity contribution in [1.29, 1.82) is 0 Å². The third-order valence-corrected chi connectivity index (χ3v) is 5.76. The number of nitrogens with zero attached hydrogens (tertiary/aromatic N) is 1. The maximum absolute atomic E-state index is 13.1. The van der Waals surface area contributed by atoms with E-state index in [-0.39, 0.29) is 30.8 Å². The van der Waals surface area contributed by atoms with Gasteiger partial charge >= 0.3 is 0 Å². The Hall–Kier alpha value is -2.84. The minimum absolute atomic E-state index is 0.0270. The van der Waals surface area contributed by atoms with Crippen molar-refractivity contribution < 1.29 is 19.3 Å². The first-order chi connectivity index (χ1) is 13.9. The normalized spacial score (nSPS) is 15.1. The van der Waals surface area contributed by atoms with Gasteiger partial charge in [0.2, 0.25) is 5.91 Å². The van der Waals surface area contributed by atoms with Crippen LogP contribution in [0.2, 0.25) is 0 Å². The van der Waals surface area contributed by atoms with E-state index in [9.17, 15) is 14.4 Å². The number of rotatable bonds is 6. The van der Waals surface area contributed by atoms with E-state index in [1.54, 1.807) is 37.9 Å². The van der Waals surface area contributed by atoms with Crippen LogP contribution >= 0.6 is 11.8 Å². The third kappa shape index (κ3) is 4.78. The molecule has 3 N–H and O–H groups in total. The Kier molecular flexibility index (Phi) is 6.56. The van der Waals surface area contributed by atoms with Crippen molar-refractivity contribution in [3.05, 3.63) is 48.5 Å². The van der Waals surface area contributed by atoms with Gasteiger partial charge in [-0.15, -0.1) is 11.8 Å². The predicted octanol–water partition coefficient (Wildman–Crippen LogP) is 1.24. The highest BCUT2D eigenvalue weighted by molar-refractivity contribution is 7.98. The van der Waals surface area contributed by atoms with Gasteiger partial charge in [0.05, 0.1) is 24.1 Å². The van der Waals surface area contributed by atoms with Crippen LogP contribution in [-0.2, 0) is 14.4 Å². The van der Waals surface area contributed by atoms with Crippen molar-refractivity contribution in [2.24, 2.45) is 0 Å². The smallest absolute Gasteiger partial charge is 0.285 e. The predicted molar refractivity (Wildman–Crippen MR) is 115 cm³/mol. The average molecular weight is 414 g/mol. The number of carbonyl (C=O) groups is 3. The molecular formula is C21H25N4O3S+. The summed E-state index contributed by atoms with van der Waals surface area (Å²) in [6, 6.07) is 14.3. The van der Waals surface area contributed by atoms with Crippen molar-refractivity contribution in [2.75, 3.05) is 41.9 Å². The van der Waals surface area contributed by atoms with Crippen molar-refractivity contribution in [1.82, 2.24) is 0 Å². The maximum atomic E-state index is 13.1. The lowest BCUT2D eigenvalue weighted by molar-refractivity contribution is -0.885. The summed E-state index contributed by atoms with van der Waals surface area (Å²) in [5.41, 5.74) is 2.06. The maximum Gasteiger partial charge on any atom is 0.285 e. The highest BCUT2D eigenvalue weighted by Gasteiger charge is 2.33. The Balaban J connectivity index is 1.67. The standard InChI is InChI=1S/C21H24N4O3S/c1-14(21(28)25-13-20(27)22-15-8-4-6-10-17(15)25)24(2)12-19(26)23-16-9-5-7-11-18(16)29-3/h4-11,14H,12-13H2,1-3H3,(H,22,27)(H,23,26)/p+1/t14-/m0/s1. The number of likely N-dealkylation sites (N-methyl/N-ethyl adjacent to an activating group) is 1. The van der Waals surface area contributed by atoms with Crippen molar-refractivity contribution in [2.45, 2.75) is 17.9 Å². The van der Waals surface area contributed by atoms with Gasteiger partial charge < -0.3 is 15.5 Å². The molecule has 3 rings (SSSR count). The zero-order valence-corrected chi connectivity index (χ0v) is 17.5. The molecule has 0 fully saturated rings. The van der Waals surface area contributed by atoms with Gasteiger partial charge in [0, 0.05) is 4.90 Å². The van der Waals surface area contributed by atoms with E-state index in [0.29, 0.717) is 11.4 Å². The van der Waals surface area contributed by atoms with Crippen molar-refractivity contribution >= 4 is 46.5 Å². The molecule has 7 nitrogen and oxygen atoms in total. The Labute approximate surface area is 174 Å². The second kappa shape index (κ2) is 9.11. The van der Waals surface area contributed by atoms with Gasteiger partial charge in [0.1, 0.15) is 6.54 Å². The molecule has 29 heavy (non-hydrogen) atoms. The Morgan fingerprint density at radius 3 is 2.66 bits per heavy atom. The molecule has 2 aromatic rings. The number of anilines is 3. The van der Waals surface area contributed by atoms with E-state index in [4.69, 9.17) is 0 Å². The van der Waals surface area contributed by atoms with E-state index >= 15 is 0 Å². The third-order valence-electron chi connectivity index (χ3n) is 4.97. The molecule has 2 aromatic carbocycles. The van der Waals surface area contributed by atoms with Crippen LogP contribution in [0.15, 0.2) is 53.4 Å². The zero-order valence-electron chi connectivity index (χ0n) is 16.7. The molecule has 0 aliphatic carbocycles. The van der Waals surface area contributed by atoms with Crippen LogP contribution in [-0.4, -0.2) is 50.2 Å². The molecule has 152 valence electrons. The molecule has 0 radical (unpaired) electrons. The van der Waals surface area contributed by atoms with Crippen molar-refractivity contribution in [3.8, 4) is 0 Å². The number of carbonyl (C=O) groups excluding carboxylic acids is 3. The summed E-state index contributed by atoms with van der Waals surface area (Å²) in [6.07, 6.45) is 1.95. The minimum atomic E-state index is -0.490. The fourth-order valence-electron chi connectivity index (χ4n) is 3.22. The lowest BCUT2D eigenvalue weighted by atomic mass is 10.1. The molecule has 1 aliphatic heterocycles.